The fraction of sp³-hybridized carbons (Fsp3) is 0.833. The molecule has 1 fully saturated rings. The van der Waals surface area contributed by atoms with E-state index in [1.165, 1.54) is 0 Å². The maximum absolute atomic E-state index is 11.9. The number of carboxylic acids is 1. The van der Waals surface area contributed by atoms with Crippen LogP contribution in [-0.4, -0.2) is 48.3 Å². The van der Waals surface area contributed by atoms with Crippen molar-refractivity contribution < 1.29 is 19.4 Å². The Kier molecular flexibility index (Phi) is 5.55. The first kappa shape index (κ1) is 14.9. The van der Waals surface area contributed by atoms with Gasteiger partial charge < -0.3 is 20.5 Å². The van der Waals surface area contributed by atoms with Crippen molar-refractivity contribution in [3.8, 4) is 0 Å². The Morgan fingerprint density at radius 1 is 1.44 bits per heavy atom. The van der Waals surface area contributed by atoms with Gasteiger partial charge in [-0.25, -0.2) is 4.79 Å². The van der Waals surface area contributed by atoms with E-state index in [9.17, 15) is 14.7 Å². The number of amides is 1. The van der Waals surface area contributed by atoms with Gasteiger partial charge in [0.2, 0.25) is 5.91 Å². The highest BCUT2D eigenvalue weighted by Crippen LogP contribution is 2.16. The SMILES string of the molecule is CCC(CC)(NC(=O)CC1COCCN1)C(=O)O. The normalized spacial score (nSPS) is 20.4. The second-order valence-electron chi connectivity index (χ2n) is 4.57. The van der Waals surface area contributed by atoms with E-state index in [-0.39, 0.29) is 18.4 Å². The lowest BCUT2D eigenvalue weighted by molar-refractivity contribution is -0.148. The highest BCUT2D eigenvalue weighted by Gasteiger charge is 2.36. The van der Waals surface area contributed by atoms with E-state index in [1.54, 1.807) is 13.8 Å². The van der Waals surface area contributed by atoms with Gasteiger partial charge in [0.15, 0.2) is 0 Å². The molecule has 1 amide bonds. The van der Waals surface area contributed by atoms with Crippen molar-refractivity contribution in [1.29, 1.82) is 0 Å². The first-order chi connectivity index (χ1) is 8.54. The largest absolute Gasteiger partial charge is 0.480 e. The van der Waals surface area contributed by atoms with Crippen LogP contribution in [0.2, 0.25) is 0 Å². The summed E-state index contributed by atoms with van der Waals surface area (Å²) in [5, 5.41) is 15.0. The fourth-order valence-electron chi connectivity index (χ4n) is 2.08. The molecule has 104 valence electrons. The molecule has 0 aliphatic carbocycles. The highest BCUT2D eigenvalue weighted by molar-refractivity contribution is 5.87. The molecule has 0 saturated carbocycles. The Morgan fingerprint density at radius 3 is 2.56 bits per heavy atom. The van der Waals surface area contributed by atoms with Gasteiger partial charge in [0.1, 0.15) is 5.54 Å². The van der Waals surface area contributed by atoms with Crippen LogP contribution < -0.4 is 10.6 Å². The Labute approximate surface area is 107 Å². The molecular weight excluding hydrogens is 236 g/mol. The maximum atomic E-state index is 11.9. The van der Waals surface area contributed by atoms with E-state index in [1.807, 2.05) is 0 Å². The van der Waals surface area contributed by atoms with Crippen LogP contribution in [0.15, 0.2) is 0 Å². The van der Waals surface area contributed by atoms with Gasteiger partial charge in [0.05, 0.1) is 13.2 Å². The molecule has 0 aromatic heterocycles. The minimum absolute atomic E-state index is 0.0287. The average molecular weight is 258 g/mol. The van der Waals surface area contributed by atoms with Crippen molar-refractivity contribution in [3.05, 3.63) is 0 Å². The highest BCUT2D eigenvalue weighted by atomic mass is 16.5. The number of hydrogen-bond acceptors (Lipinski definition) is 4. The lowest BCUT2D eigenvalue weighted by Crippen LogP contribution is -2.55. The van der Waals surface area contributed by atoms with Crippen LogP contribution in [0, 0.1) is 0 Å². The standard InChI is InChI=1S/C12H22N2O4/c1-3-12(4-2,11(16)17)14-10(15)7-9-8-18-6-5-13-9/h9,13H,3-8H2,1-2H3,(H,14,15)(H,16,17). The minimum atomic E-state index is -1.15. The third-order valence-electron chi connectivity index (χ3n) is 3.43. The molecule has 0 radical (unpaired) electrons. The zero-order chi connectivity index (χ0) is 13.6. The third kappa shape index (κ3) is 3.68. The Balaban J connectivity index is 2.53. The quantitative estimate of drug-likeness (QED) is 0.630. The van der Waals surface area contributed by atoms with E-state index >= 15 is 0 Å². The van der Waals surface area contributed by atoms with E-state index in [0.717, 1.165) is 6.54 Å². The number of aliphatic carboxylic acids is 1. The summed E-state index contributed by atoms with van der Waals surface area (Å²) < 4.78 is 5.25. The molecule has 1 saturated heterocycles. The molecule has 1 aliphatic heterocycles. The maximum Gasteiger partial charge on any atom is 0.329 e. The van der Waals surface area contributed by atoms with E-state index in [0.29, 0.717) is 26.1 Å². The van der Waals surface area contributed by atoms with Gasteiger partial charge in [-0.1, -0.05) is 13.8 Å². The van der Waals surface area contributed by atoms with Gasteiger partial charge in [0, 0.05) is 19.0 Å². The number of carboxylic acid groups (broad SMARTS) is 1. The molecule has 1 unspecified atom stereocenters. The van der Waals surface area contributed by atoms with Crippen molar-refractivity contribution in [2.24, 2.45) is 0 Å². The number of nitrogens with one attached hydrogen (secondary N) is 2. The molecule has 18 heavy (non-hydrogen) atoms. The van der Waals surface area contributed by atoms with E-state index in [4.69, 9.17) is 4.74 Å². The van der Waals surface area contributed by atoms with Crippen molar-refractivity contribution >= 4 is 11.9 Å². The Hall–Kier alpha value is -1.14. The molecule has 3 N–H and O–H groups in total. The second kappa shape index (κ2) is 6.70. The summed E-state index contributed by atoms with van der Waals surface area (Å²) in [6.45, 7) is 5.40. The molecule has 0 aromatic rings. The van der Waals surface area contributed by atoms with Gasteiger partial charge in [-0.15, -0.1) is 0 Å². The lowest BCUT2D eigenvalue weighted by atomic mass is 9.92. The molecule has 0 aromatic carbocycles. The van der Waals surface area contributed by atoms with E-state index in [2.05, 4.69) is 10.6 Å². The number of ether oxygens (including phenoxy) is 1. The van der Waals surface area contributed by atoms with Crippen LogP contribution in [0.1, 0.15) is 33.1 Å². The third-order valence-corrected chi connectivity index (χ3v) is 3.43. The minimum Gasteiger partial charge on any atom is -0.480 e. The van der Waals surface area contributed by atoms with Crippen LogP contribution in [-0.2, 0) is 14.3 Å². The molecule has 1 atom stereocenters. The summed E-state index contributed by atoms with van der Waals surface area (Å²) in [5.74, 6) is -1.22. The molecular formula is C12H22N2O4. The summed E-state index contributed by atoms with van der Waals surface area (Å²) in [6.07, 6.45) is 0.993. The molecule has 0 spiro atoms. The summed E-state index contributed by atoms with van der Waals surface area (Å²) in [7, 11) is 0. The second-order valence-corrected chi connectivity index (χ2v) is 4.57. The average Bonchev–Trinajstić information content (AvgIpc) is 2.37. The monoisotopic (exact) mass is 258 g/mol. The van der Waals surface area contributed by atoms with Gasteiger partial charge in [0.25, 0.3) is 0 Å². The van der Waals surface area contributed by atoms with Crippen LogP contribution in [0.5, 0.6) is 0 Å². The van der Waals surface area contributed by atoms with Gasteiger partial charge in [-0.05, 0) is 12.8 Å². The Morgan fingerprint density at radius 2 is 2.11 bits per heavy atom. The Bertz CT molecular complexity index is 296. The van der Waals surface area contributed by atoms with Crippen LogP contribution in [0.4, 0.5) is 0 Å². The molecule has 1 aliphatic rings. The molecule has 0 bridgehead atoms. The van der Waals surface area contributed by atoms with Crippen molar-refractivity contribution in [2.75, 3.05) is 19.8 Å². The predicted molar refractivity (Wildman–Crippen MR) is 66.3 cm³/mol. The fourth-order valence-corrected chi connectivity index (χ4v) is 2.08. The first-order valence-corrected chi connectivity index (χ1v) is 6.39. The summed E-state index contributed by atoms with van der Waals surface area (Å²) in [6, 6.07) is -0.0287. The zero-order valence-electron chi connectivity index (χ0n) is 11.0. The smallest absolute Gasteiger partial charge is 0.329 e. The topological polar surface area (TPSA) is 87.7 Å². The first-order valence-electron chi connectivity index (χ1n) is 6.39. The summed E-state index contributed by atoms with van der Waals surface area (Å²) in [4.78, 5) is 23.1. The van der Waals surface area contributed by atoms with Crippen LogP contribution in [0.25, 0.3) is 0 Å². The van der Waals surface area contributed by atoms with Crippen LogP contribution in [0.3, 0.4) is 0 Å². The van der Waals surface area contributed by atoms with Gasteiger partial charge in [-0.3, -0.25) is 4.79 Å². The molecule has 1 rings (SSSR count). The summed E-state index contributed by atoms with van der Waals surface area (Å²) >= 11 is 0. The van der Waals surface area contributed by atoms with E-state index < -0.39 is 11.5 Å². The van der Waals surface area contributed by atoms with Crippen molar-refractivity contribution in [3.63, 3.8) is 0 Å². The van der Waals surface area contributed by atoms with Crippen molar-refractivity contribution in [2.45, 2.75) is 44.7 Å². The number of carbonyl (C=O) groups is 2. The van der Waals surface area contributed by atoms with Gasteiger partial charge in [-0.2, -0.15) is 0 Å². The number of hydrogen-bond donors (Lipinski definition) is 3. The number of carbonyl (C=O) groups excluding carboxylic acids is 1. The van der Waals surface area contributed by atoms with Gasteiger partial charge >= 0.3 is 5.97 Å². The number of morpholine rings is 1. The van der Waals surface area contributed by atoms with Crippen LogP contribution >= 0.6 is 0 Å². The zero-order valence-corrected chi connectivity index (χ0v) is 11.0. The lowest BCUT2D eigenvalue weighted by Gasteiger charge is -2.30. The molecule has 6 heteroatoms. The molecule has 6 nitrogen and oxygen atoms in total. The predicted octanol–water partition coefficient (Wildman–Crippen LogP) is 0.125. The number of rotatable bonds is 6. The van der Waals surface area contributed by atoms with Crippen molar-refractivity contribution in [1.82, 2.24) is 10.6 Å². The summed E-state index contributed by atoms with van der Waals surface area (Å²) in [5.41, 5.74) is -1.15. The molecule has 1 heterocycles.